The maximum atomic E-state index is 11.8. The Bertz CT molecular complexity index is 209. The summed E-state index contributed by atoms with van der Waals surface area (Å²) in [6.07, 6.45) is 7.24. The highest BCUT2D eigenvalue weighted by atomic mass is 16.2. The minimum atomic E-state index is -0.334. The van der Waals surface area contributed by atoms with Crippen molar-refractivity contribution in [1.82, 2.24) is 4.90 Å². The van der Waals surface area contributed by atoms with Gasteiger partial charge in [-0.05, 0) is 13.8 Å². The molecule has 0 aliphatic heterocycles. The molecule has 0 aromatic heterocycles. The van der Waals surface area contributed by atoms with Crippen molar-refractivity contribution in [2.24, 2.45) is 5.41 Å². The summed E-state index contributed by atoms with van der Waals surface area (Å²) in [6.45, 7) is 9.53. The summed E-state index contributed by atoms with van der Waals surface area (Å²) >= 11 is 0. The summed E-state index contributed by atoms with van der Waals surface area (Å²) in [4.78, 5) is 13.4. The predicted molar refractivity (Wildman–Crippen MR) is 55.9 cm³/mol. The normalized spacial score (nSPS) is 12.7. The number of hydrogen-bond donors (Lipinski definition) is 0. The van der Waals surface area contributed by atoms with Gasteiger partial charge in [-0.1, -0.05) is 32.9 Å². The van der Waals surface area contributed by atoms with E-state index in [4.69, 9.17) is 0 Å². The van der Waals surface area contributed by atoms with E-state index in [9.17, 15) is 4.79 Å². The summed E-state index contributed by atoms with van der Waals surface area (Å²) in [7, 11) is 0. The van der Waals surface area contributed by atoms with E-state index in [0.717, 1.165) is 0 Å². The van der Waals surface area contributed by atoms with Crippen molar-refractivity contribution >= 4 is 5.91 Å². The van der Waals surface area contributed by atoms with Crippen LogP contribution in [0.1, 0.15) is 34.6 Å². The van der Waals surface area contributed by atoms with Gasteiger partial charge in [-0.2, -0.15) is 0 Å². The zero-order valence-corrected chi connectivity index (χ0v) is 9.16. The number of carbonyl (C=O) groups is 1. The lowest BCUT2D eigenvalue weighted by molar-refractivity contribution is -0.134. The van der Waals surface area contributed by atoms with Crippen LogP contribution in [0.25, 0.3) is 0 Å². The van der Waals surface area contributed by atoms with Gasteiger partial charge in [0.2, 0.25) is 5.91 Å². The van der Waals surface area contributed by atoms with Crippen molar-refractivity contribution in [2.75, 3.05) is 0 Å². The van der Waals surface area contributed by atoms with E-state index in [1.165, 1.54) is 0 Å². The molecule has 2 nitrogen and oxygen atoms in total. The fourth-order valence-electron chi connectivity index (χ4n) is 0.894. The monoisotopic (exact) mass is 181 g/mol. The molecule has 0 saturated carbocycles. The third kappa shape index (κ3) is 3.92. The van der Waals surface area contributed by atoms with E-state index in [1.807, 2.05) is 46.8 Å². The smallest absolute Gasteiger partial charge is 0.235 e. The van der Waals surface area contributed by atoms with Crippen LogP contribution in [-0.4, -0.2) is 10.8 Å². The molecule has 13 heavy (non-hydrogen) atoms. The Hall–Kier alpha value is -1.05. The maximum Gasteiger partial charge on any atom is 0.235 e. The first-order chi connectivity index (χ1) is 5.93. The van der Waals surface area contributed by atoms with Gasteiger partial charge in [-0.15, -0.1) is 0 Å². The van der Waals surface area contributed by atoms with Crippen LogP contribution >= 0.6 is 0 Å². The van der Waals surface area contributed by atoms with Gasteiger partial charge in [-0.3, -0.25) is 9.69 Å². The number of carbonyl (C=O) groups excluding carboxylic acids is 1. The van der Waals surface area contributed by atoms with E-state index >= 15 is 0 Å². The molecule has 0 aromatic carbocycles. The number of rotatable bonds is 2. The Morgan fingerprint density at radius 2 is 1.46 bits per heavy atom. The lowest BCUT2D eigenvalue weighted by atomic mass is 9.95. The molecular weight excluding hydrogens is 162 g/mol. The van der Waals surface area contributed by atoms with Gasteiger partial charge in [0, 0.05) is 17.8 Å². The van der Waals surface area contributed by atoms with E-state index in [1.54, 1.807) is 17.3 Å². The van der Waals surface area contributed by atoms with Crippen LogP contribution in [0.15, 0.2) is 24.6 Å². The van der Waals surface area contributed by atoms with E-state index < -0.39 is 0 Å². The molecule has 0 aliphatic carbocycles. The molecule has 0 fully saturated rings. The van der Waals surface area contributed by atoms with E-state index in [2.05, 4.69) is 0 Å². The van der Waals surface area contributed by atoms with Crippen molar-refractivity contribution in [3.8, 4) is 0 Å². The highest BCUT2D eigenvalue weighted by Gasteiger charge is 2.24. The van der Waals surface area contributed by atoms with Gasteiger partial charge in [-0.25, -0.2) is 0 Å². The second kappa shape index (κ2) is 4.85. The third-order valence-electron chi connectivity index (χ3n) is 1.50. The molecule has 0 saturated heterocycles. The zero-order valence-electron chi connectivity index (χ0n) is 9.16. The van der Waals surface area contributed by atoms with Crippen LogP contribution in [0, 0.1) is 5.41 Å². The standard InChI is InChI=1S/C11H19NO/c1-6-8-12(9-7-2)10(13)11(3,4)5/h6-9H,1-5H3/b8-6+,9-7+. The van der Waals surface area contributed by atoms with Crippen molar-refractivity contribution in [3.63, 3.8) is 0 Å². The third-order valence-corrected chi connectivity index (χ3v) is 1.50. The lowest BCUT2D eigenvalue weighted by Crippen LogP contribution is -2.32. The van der Waals surface area contributed by atoms with Gasteiger partial charge in [0.15, 0.2) is 0 Å². The Balaban J connectivity index is 4.66. The average Bonchev–Trinajstić information content (AvgIpc) is 2.01. The quantitative estimate of drug-likeness (QED) is 0.641. The first-order valence-electron chi connectivity index (χ1n) is 4.52. The highest BCUT2D eigenvalue weighted by Crippen LogP contribution is 2.17. The molecule has 0 N–H and O–H groups in total. The van der Waals surface area contributed by atoms with Crippen LogP contribution in [0.4, 0.5) is 0 Å². The molecule has 0 aromatic rings. The Kier molecular flexibility index (Phi) is 4.46. The van der Waals surface area contributed by atoms with Gasteiger partial charge < -0.3 is 0 Å². The molecule has 0 rings (SSSR count). The van der Waals surface area contributed by atoms with Crippen LogP contribution in [0.5, 0.6) is 0 Å². The highest BCUT2D eigenvalue weighted by molar-refractivity contribution is 5.83. The topological polar surface area (TPSA) is 20.3 Å². The molecule has 0 radical (unpaired) electrons. The van der Waals surface area contributed by atoms with Crippen LogP contribution in [0.2, 0.25) is 0 Å². The molecule has 0 aliphatic rings. The Morgan fingerprint density at radius 1 is 1.08 bits per heavy atom. The van der Waals surface area contributed by atoms with Gasteiger partial charge in [0.1, 0.15) is 0 Å². The molecule has 74 valence electrons. The lowest BCUT2D eigenvalue weighted by Gasteiger charge is -2.23. The number of allylic oxidation sites excluding steroid dienone is 2. The largest absolute Gasteiger partial charge is 0.295 e. The summed E-state index contributed by atoms with van der Waals surface area (Å²) in [6, 6.07) is 0. The Morgan fingerprint density at radius 3 is 1.69 bits per heavy atom. The van der Waals surface area contributed by atoms with Crippen molar-refractivity contribution in [3.05, 3.63) is 24.6 Å². The number of nitrogens with zero attached hydrogens (tertiary/aromatic N) is 1. The first kappa shape index (κ1) is 11.9. The molecule has 0 bridgehead atoms. The van der Waals surface area contributed by atoms with Crippen molar-refractivity contribution in [2.45, 2.75) is 34.6 Å². The minimum absolute atomic E-state index is 0.101. The van der Waals surface area contributed by atoms with E-state index in [-0.39, 0.29) is 11.3 Å². The molecule has 0 spiro atoms. The molecule has 2 heteroatoms. The SMILES string of the molecule is C/C=C/N(/C=C/C)C(=O)C(C)(C)C. The van der Waals surface area contributed by atoms with Gasteiger partial charge >= 0.3 is 0 Å². The van der Waals surface area contributed by atoms with Crippen LogP contribution in [0.3, 0.4) is 0 Å². The second-order valence-electron chi connectivity index (χ2n) is 3.93. The molecule has 1 amide bonds. The summed E-state index contributed by atoms with van der Waals surface area (Å²) in [5.74, 6) is 0.101. The average molecular weight is 181 g/mol. The van der Waals surface area contributed by atoms with Crippen LogP contribution in [-0.2, 0) is 4.79 Å². The summed E-state index contributed by atoms with van der Waals surface area (Å²) in [5.41, 5.74) is -0.334. The predicted octanol–water partition coefficient (Wildman–Crippen LogP) is 2.93. The molecule has 0 unspecified atom stereocenters. The fourth-order valence-corrected chi connectivity index (χ4v) is 0.894. The number of amides is 1. The summed E-state index contributed by atoms with van der Waals surface area (Å²) in [5, 5.41) is 0. The zero-order chi connectivity index (χ0) is 10.5. The molecule has 0 atom stereocenters. The maximum absolute atomic E-state index is 11.8. The first-order valence-corrected chi connectivity index (χ1v) is 4.52. The van der Waals surface area contributed by atoms with Crippen LogP contribution < -0.4 is 0 Å². The molecular formula is C11H19NO. The number of hydrogen-bond acceptors (Lipinski definition) is 1. The van der Waals surface area contributed by atoms with Gasteiger partial charge in [0.05, 0.1) is 0 Å². The summed E-state index contributed by atoms with van der Waals surface area (Å²) < 4.78 is 0. The fraction of sp³-hybridized carbons (Fsp3) is 0.545. The van der Waals surface area contributed by atoms with Crippen molar-refractivity contribution < 1.29 is 4.79 Å². The molecule has 0 heterocycles. The van der Waals surface area contributed by atoms with E-state index in [0.29, 0.717) is 0 Å². The van der Waals surface area contributed by atoms with Crippen molar-refractivity contribution in [1.29, 1.82) is 0 Å². The Labute approximate surface area is 80.9 Å². The van der Waals surface area contributed by atoms with Gasteiger partial charge in [0.25, 0.3) is 0 Å². The minimum Gasteiger partial charge on any atom is -0.295 e. The second-order valence-corrected chi connectivity index (χ2v) is 3.93.